The Balaban J connectivity index is 1.80. The zero-order valence-corrected chi connectivity index (χ0v) is 17.3. The number of Topliss-reactive ketones (excluding diaryl/α,β-unsaturated/α-hetero) is 1. The van der Waals surface area contributed by atoms with E-state index in [9.17, 15) is 14.0 Å². The van der Waals surface area contributed by atoms with Gasteiger partial charge in [0.05, 0.1) is 11.5 Å². The standard InChI is InChI=1S/C22H24FN3O2S/c1-12(2)9-10-29-22-25-20-19(21(28)26-22)17(13-5-3-6-14(23)11-13)18-15(24-20)7-4-8-16(18)27/h3,5-7,11-12,17-18H,4,8-10H2,1-2H3,(H2,24,25,26,28)/t17-,18-/m0/s1. The van der Waals surface area contributed by atoms with Gasteiger partial charge in [0.15, 0.2) is 5.16 Å². The second kappa shape index (κ2) is 8.14. The number of halogens is 1. The maximum absolute atomic E-state index is 14.0. The van der Waals surface area contributed by atoms with Crippen molar-refractivity contribution in [2.24, 2.45) is 11.8 Å². The maximum atomic E-state index is 14.0. The van der Waals surface area contributed by atoms with Crippen LogP contribution >= 0.6 is 11.8 Å². The predicted molar refractivity (Wildman–Crippen MR) is 113 cm³/mol. The second-order valence-electron chi connectivity index (χ2n) is 7.96. The number of rotatable bonds is 5. The molecule has 0 radical (unpaired) electrons. The van der Waals surface area contributed by atoms with Crippen molar-refractivity contribution in [3.63, 3.8) is 0 Å². The molecule has 1 aromatic heterocycles. The Morgan fingerprint density at radius 1 is 1.28 bits per heavy atom. The van der Waals surface area contributed by atoms with Crippen molar-refractivity contribution in [2.75, 3.05) is 11.1 Å². The van der Waals surface area contributed by atoms with Crippen molar-refractivity contribution >= 4 is 23.4 Å². The summed E-state index contributed by atoms with van der Waals surface area (Å²) in [6.45, 7) is 4.31. The molecule has 29 heavy (non-hydrogen) atoms. The van der Waals surface area contributed by atoms with Gasteiger partial charge in [-0.25, -0.2) is 9.37 Å². The fourth-order valence-corrected chi connectivity index (χ4v) is 5.09. The molecule has 2 heterocycles. The summed E-state index contributed by atoms with van der Waals surface area (Å²) in [7, 11) is 0. The van der Waals surface area contributed by atoms with Crippen molar-refractivity contribution in [1.82, 2.24) is 9.97 Å². The highest BCUT2D eigenvalue weighted by molar-refractivity contribution is 7.99. The lowest BCUT2D eigenvalue weighted by Gasteiger charge is -2.36. The molecule has 0 fully saturated rings. The molecule has 152 valence electrons. The largest absolute Gasteiger partial charge is 0.343 e. The molecule has 0 amide bonds. The van der Waals surface area contributed by atoms with E-state index in [2.05, 4.69) is 29.1 Å². The van der Waals surface area contributed by atoms with Crippen LogP contribution in [0.5, 0.6) is 0 Å². The number of nitrogens with one attached hydrogen (secondary N) is 2. The number of hydrogen-bond donors (Lipinski definition) is 2. The van der Waals surface area contributed by atoms with Crippen LogP contribution in [0.25, 0.3) is 0 Å². The smallest absolute Gasteiger partial charge is 0.257 e. The fraction of sp³-hybridized carbons (Fsp3) is 0.409. The van der Waals surface area contributed by atoms with Gasteiger partial charge in [-0.15, -0.1) is 0 Å². The number of anilines is 1. The third kappa shape index (κ3) is 4.01. The topological polar surface area (TPSA) is 74.8 Å². The molecule has 4 rings (SSSR count). The number of allylic oxidation sites excluding steroid dienone is 2. The molecule has 1 aliphatic carbocycles. The Morgan fingerprint density at radius 2 is 2.10 bits per heavy atom. The van der Waals surface area contributed by atoms with Gasteiger partial charge in [0.1, 0.15) is 17.4 Å². The van der Waals surface area contributed by atoms with Crippen molar-refractivity contribution in [3.05, 3.63) is 63.3 Å². The average Bonchev–Trinajstić information content (AvgIpc) is 2.66. The van der Waals surface area contributed by atoms with E-state index in [1.54, 1.807) is 12.1 Å². The minimum absolute atomic E-state index is 0.0599. The molecule has 0 saturated heterocycles. The molecular weight excluding hydrogens is 389 g/mol. The quantitative estimate of drug-likeness (QED) is 0.559. The van der Waals surface area contributed by atoms with Gasteiger partial charge in [0, 0.05) is 23.8 Å². The van der Waals surface area contributed by atoms with Crippen LogP contribution in [-0.2, 0) is 4.79 Å². The van der Waals surface area contributed by atoms with Crippen molar-refractivity contribution < 1.29 is 9.18 Å². The van der Waals surface area contributed by atoms with Gasteiger partial charge in [-0.1, -0.05) is 43.8 Å². The van der Waals surface area contributed by atoms with Crippen molar-refractivity contribution in [3.8, 4) is 0 Å². The number of fused-ring (bicyclic) bond motifs is 2. The van der Waals surface area contributed by atoms with Crippen LogP contribution in [0.2, 0.25) is 0 Å². The average molecular weight is 414 g/mol. The number of carbonyl (C=O) groups excluding carboxylic acids is 1. The van der Waals surface area contributed by atoms with E-state index in [1.165, 1.54) is 23.9 Å². The van der Waals surface area contributed by atoms with Gasteiger partial charge in [-0.3, -0.25) is 9.59 Å². The third-order valence-corrected chi connectivity index (χ3v) is 6.33. The first-order chi connectivity index (χ1) is 13.9. The number of aromatic amines is 1. The summed E-state index contributed by atoms with van der Waals surface area (Å²) >= 11 is 1.51. The summed E-state index contributed by atoms with van der Waals surface area (Å²) in [6, 6.07) is 6.15. The third-order valence-electron chi connectivity index (χ3n) is 5.42. The zero-order valence-electron chi connectivity index (χ0n) is 16.5. The Hall–Kier alpha value is -2.41. The number of H-pyrrole nitrogens is 1. The molecule has 7 heteroatoms. The highest BCUT2D eigenvalue weighted by Gasteiger charge is 2.42. The number of aromatic nitrogens is 2. The number of hydrogen-bond acceptors (Lipinski definition) is 5. The minimum Gasteiger partial charge on any atom is -0.343 e. The Kier molecular flexibility index (Phi) is 5.58. The van der Waals surface area contributed by atoms with Gasteiger partial charge in [0.2, 0.25) is 0 Å². The Labute approximate surface area is 173 Å². The molecule has 1 aliphatic heterocycles. The molecule has 0 bridgehead atoms. The van der Waals surface area contributed by atoms with Gasteiger partial charge in [-0.05, 0) is 36.5 Å². The molecular formula is C22H24FN3O2S. The predicted octanol–water partition coefficient (Wildman–Crippen LogP) is 4.47. The summed E-state index contributed by atoms with van der Waals surface area (Å²) in [5.74, 6) is 0.503. The fourth-order valence-electron chi connectivity index (χ4n) is 3.99. The summed E-state index contributed by atoms with van der Waals surface area (Å²) in [6.07, 6.45) is 4.09. The van der Waals surface area contributed by atoms with E-state index < -0.39 is 11.8 Å². The van der Waals surface area contributed by atoms with Gasteiger partial charge < -0.3 is 10.3 Å². The van der Waals surface area contributed by atoms with E-state index in [-0.39, 0.29) is 17.2 Å². The van der Waals surface area contributed by atoms with Crippen LogP contribution in [0.3, 0.4) is 0 Å². The monoisotopic (exact) mass is 413 g/mol. The number of nitrogens with zero attached hydrogens (tertiary/aromatic N) is 1. The Bertz CT molecular complexity index is 1030. The molecule has 2 aromatic rings. The van der Waals surface area contributed by atoms with Crippen LogP contribution in [0.15, 0.2) is 46.0 Å². The first kappa shape index (κ1) is 19.9. The van der Waals surface area contributed by atoms with Gasteiger partial charge >= 0.3 is 0 Å². The lowest BCUT2D eigenvalue weighted by Crippen LogP contribution is -2.38. The summed E-state index contributed by atoms with van der Waals surface area (Å²) in [4.78, 5) is 33.3. The van der Waals surface area contributed by atoms with E-state index in [0.717, 1.165) is 17.9 Å². The van der Waals surface area contributed by atoms with Crippen molar-refractivity contribution in [2.45, 2.75) is 44.2 Å². The lowest BCUT2D eigenvalue weighted by molar-refractivity contribution is -0.122. The van der Waals surface area contributed by atoms with E-state index in [1.807, 2.05) is 6.08 Å². The molecule has 0 unspecified atom stereocenters. The first-order valence-corrected chi connectivity index (χ1v) is 10.9. The van der Waals surface area contributed by atoms with Gasteiger partial charge in [-0.2, -0.15) is 0 Å². The molecule has 2 N–H and O–H groups in total. The molecule has 5 nitrogen and oxygen atoms in total. The summed E-state index contributed by atoms with van der Waals surface area (Å²) in [5.41, 5.74) is 1.51. The molecule has 2 aliphatic rings. The van der Waals surface area contributed by atoms with Gasteiger partial charge in [0.25, 0.3) is 5.56 Å². The normalized spacial score (nSPS) is 20.7. The maximum Gasteiger partial charge on any atom is 0.257 e. The second-order valence-corrected chi connectivity index (χ2v) is 9.05. The number of carbonyl (C=O) groups is 1. The van der Waals surface area contributed by atoms with E-state index >= 15 is 0 Å². The zero-order chi connectivity index (χ0) is 20.5. The van der Waals surface area contributed by atoms with E-state index in [0.29, 0.717) is 40.9 Å². The van der Waals surface area contributed by atoms with E-state index in [4.69, 9.17) is 0 Å². The highest BCUT2D eigenvalue weighted by atomic mass is 32.2. The minimum atomic E-state index is -0.549. The number of thioether (sulfide) groups is 1. The first-order valence-electron chi connectivity index (χ1n) is 9.96. The number of benzene rings is 1. The Morgan fingerprint density at radius 3 is 2.86 bits per heavy atom. The molecule has 1 aromatic carbocycles. The number of ketones is 1. The van der Waals surface area contributed by atoms with Crippen LogP contribution in [0, 0.1) is 17.7 Å². The molecule has 0 spiro atoms. The SMILES string of the molecule is CC(C)CCSc1nc2c(c(=O)[nH]1)[C@@H](c1cccc(F)c1)[C@@H]1C(=O)CCC=C1N2. The lowest BCUT2D eigenvalue weighted by atomic mass is 9.72. The summed E-state index contributed by atoms with van der Waals surface area (Å²) < 4.78 is 14.0. The summed E-state index contributed by atoms with van der Waals surface area (Å²) in [5, 5.41) is 3.78. The highest BCUT2D eigenvalue weighted by Crippen LogP contribution is 2.44. The molecule has 0 saturated carbocycles. The van der Waals surface area contributed by atoms with Crippen LogP contribution in [-0.4, -0.2) is 21.5 Å². The van der Waals surface area contributed by atoms with Crippen LogP contribution in [0.1, 0.15) is 50.2 Å². The molecule has 2 atom stereocenters. The van der Waals surface area contributed by atoms with Crippen LogP contribution < -0.4 is 10.9 Å². The van der Waals surface area contributed by atoms with Crippen molar-refractivity contribution in [1.29, 1.82) is 0 Å². The van der Waals surface area contributed by atoms with Crippen LogP contribution in [0.4, 0.5) is 10.2 Å².